The van der Waals surface area contributed by atoms with Crippen molar-refractivity contribution in [1.82, 2.24) is 4.90 Å². The molecule has 1 aliphatic heterocycles. The van der Waals surface area contributed by atoms with Crippen molar-refractivity contribution in [2.45, 2.75) is 38.3 Å². The molecule has 7 heteroatoms. The number of likely N-dealkylation sites (tertiary alicyclic amines) is 1. The molecular weight excluding hydrogens is 458 g/mol. The third-order valence-electron chi connectivity index (χ3n) is 6.63. The first kappa shape index (κ1) is 25.1. The summed E-state index contributed by atoms with van der Waals surface area (Å²) in [6, 6.07) is 20.1. The molecule has 7 nitrogen and oxygen atoms in total. The molecule has 1 unspecified atom stereocenters. The SMILES string of the molecule is COc1cc(C(=O)N2C[C@@H](Oc3cccc(C(=O)O)c3)CC2CCc2ccccc2)cc(OC)c1C. The predicted octanol–water partition coefficient (Wildman–Crippen LogP) is 5.01. The molecule has 2 atom stereocenters. The molecule has 1 amide bonds. The van der Waals surface area contributed by atoms with Gasteiger partial charge >= 0.3 is 5.97 Å². The van der Waals surface area contributed by atoms with E-state index >= 15 is 0 Å². The van der Waals surface area contributed by atoms with Gasteiger partial charge < -0.3 is 24.2 Å². The van der Waals surface area contributed by atoms with Gasteiger partial charge in [0.1, 0.15) is 23.4 Å². The zero-order chi connectivity index (χ0) is 25.7. The highest BCUT2D eigenvalue weighted by Gasteiger charge is 2.37. The van der Waals surface area contributed by atoms with Crippen LogP contribution in [0.1, 0.15) is 44.7 Å². The predicted molar refractivity (Wildman–Crippen MR) is 136 cm³/mol. The highest BCUT2D eigenvalue weighted by Crippen LogP contribution is 2.33. The van der Waals surface area contributed by atoms with Crippen molar-refractivity contribution in [2.75, 3.05) is 20.8 Å². The summed E-state index contributed by atoms with van der Waals surface area (Å²) in [5, 5.41) is 9.31. The lowest BCUT2D eigenvalue weighted by Gasteiger charge is -2.25. The molecule has 0 radical (unpaired) electrons. The third kappa shape index (κ3) is 5.62. The Labute approximate surface area is 211 Å². The van der Waals surface area contributed by atoms with Crippen molar-refractivity contribution in [1.29, 1.82) is 0 Å². The van der Waals surface area contributed by atoms with Crippen LogP contribution >= 0.6 is 0 Å². The normalized spacial score (nSPS) is 17.0. The second-order valence-electron chi connectivity index (χ2n) is 8.95. The van der Waals surface area contributed by atoms with E-state index in [0.29, 0.717) is 35.8 Å². The van der Waals surface area contributed by atoms with E-state index in [2.05, 4.69) is 12.1 Å². The zero-order valence-electron chi connectivity index (χ0n) is 20.8. The van der Waals surface area contributed by atoms with Crippen LogP contribution in [0.4, 0.5) is 0 Å². The molecule has 1 saturated heterocycles. The Hall–Kier alpha value is -4.00. The Morgan fingerprint density at radius 3 is 2.28 bits per heavy atom. The Balaban J connectivity index is 1.58. The molecule has 4 rings (SSSR count). The fourth-order valence-electron chi connectivity index (χ4n) is 4.73. The van der Waals surface area contributed by atoms with Crippen molar-refractivity contribution in [3.63, 3.8) is 0 Å². The Morgan fingerprint density at radius 2 is 1.64 bits per heavy atom. The molecule has 1 N–H and O–H groups in total. The molecule has 1 aliphatic rings. The number of aromatic carboxylic acids is 1. The number of carbonyl (C=O) groups is 2. The molecule has 188 valence electrons. The van der Waals surface area contributed by atoms with Crippen molar-refractivity contribution in [2.24, 2.45) is 0 Å². The number of carboxylic acids is 1. The minimum atomic E-state index is -1.01. The van der Waals surface area contributed by atoms with E-state index in [-0.39, 0.29) is 23.6 Å². The number of carbonyl (C=O) groups excluding carboxylic acids is 1. The van der Waals surface area contributed by atoms with E-state index in [9.17, 15) is 14.7 Å². The highest BCUT2D eigenvalue weighted by atomic mass is 16.5. The van der Waals surface area contributed by atoms with Crippen LogP contribution in [0.15, 0.2) is 66.7 Å². The minimum Gasteiger partial charge on any atom is -0.496 e. The van der Waals surface area contributed by atoms with Crippen LogP contribution in [-0.2, 0) is 6.42 Å². The Morgan fingerprint density at radius 1 is 0.944 bits per heavy atom. The smallest absolute Gasteiger partial charge is 0.335 e. The lowest BCUT2D eigenvalue weighted by atomic mass is 10.0. The van der Waals surface area contributed by atoms with Gasteiger partial charge in [0, 0.05) is 23.6 Å². The Bertz CT molecular complexity index is 1200. The molecular formula is C29H31NO6. The van der Waals surface area contributed by atoms with Gasteiger partial charge in [0.25, 0.3) is 5.91 Å². The fraction of sp³-hybridized carbons (Fsp3) is 0.310. The van der Waals surface area contributed by atoms with Gasteiger partial charge in [-0.3, -0.25) is 4.79 Å². The van der Waals surface area contributed by atoms with Crippen LogP contribution in [0.5, 0.6) is 17.2 Å². The number of amides is 1. The summed E-state index contributed by atoms with van der Waals surface area (Å²) in [4.78, 5) is 27.0. The average Bonchev–Trinajstić information content (AvgIpc) is 3.30. The van der Waals surface area contributed by atoms with E-state index < -0.39 is 5.97 Å². The lowest BCUT2D eigenvalue weighted by Crippen LogP contribution is -2.36. The van der Waals surface area contributed by atoms with E-state index in [4.69, 9.17) is 14.2 Å². The third-order valence-corrected chi connectivity index (χ3v) is 6.63. The number of benzene rings is 3. The highest BCUT2D eigenvalue weighted by molar-refractivity contribution is 5.96. The summed E-state index contributed by atoms with van der Waals surface area (Å²) in [6.07, 6.45) is 2.01. The Kier molecular flexibility index (Phi) is 7.78. The molecule has 1 heterocycles. The standard InChI is InChI=1S/C29H31NO6/c1-19-26(34-2)15-22(16-27(19)35-3)28(31)30-18-25(36-24-11-7-10-21(14-24)29(32)33)17-23(30)13-12-20-8-5-4-6-9-20/h4-11,14-16,23,25H,12-13,17-18H2,1-3H3,(H,32,33)/t23?,25-/m0/s1. The van der Waals surface area contributed by atoms with Crippen LogP contribution in [-0.4, -0.2) is 54.8 Å². The number of hydrogen-bond donors (Lipinski definition) is 1. The van der Waals surface area contributed by atoms with Crippen LogP contribution in [0.2, 0.25) is 0 Å². The maximum atomic E-state index is 13.7. The van der Waals surface area contributed by atoms with Gasteiger partial charge in [0.15, 0.2) is 0 Å². The summed E-state index contributed by atoms with van der Waals surface area (Å²) in [7, 11) is 3.15. The zero-order valence-corrected chi connectivity index (χ0v) is 20.8. The maximum Gasteiger partial charge on any atom is 0.335 e. The topological polar surface area (TPSA) is 85.3 Å². The summed E-state index contributed by atoms with van der Waals surface area (Å²) in [6.45, 7) is 2.29. The van der Waals surface area contributed by atoms with E-state index in [1.54, 1.807) is 38.5 Å². The quantitative estimate of drug-likeness (QED) is 0.455. The van der Waals surface area contributed by atoms with Gasteiger partial charge in [-0.2, -0.15) is 0 Å². The van der Waals surface area contributed by atoms with Gasteiger partial charge in [-0.1, -0.05) is 36.4 Å². The molecule has 0 saturated carbocycles. The molecule has 0 aromatic heterocycles. The number of hydrogen-bond acceptors (Lipinski definition) is 5. The van der Waals surface area contributed by atoms with Crippen LogP contribution in [0.3, 0.4) is 0 Å². The van der Waals surface area contributed by atoms with Gasteiger partial charge in [-0.05, 0) is 55.7 Å². The number of rotatable bonds is 9. The second-order valence-corrected chi connectivity index (χ2v) is 8.95. The summed E-state index contributed by atoms with van der Waals surface area (Å²) < 4.78 is 17.1. The number of ether oxygens (including phenoxy) is 3. The van der Waals surface area contributed by atoms with Crippen molar-refractivity contribution >= 4 is 11.9 Å². The minimum absolute atomic E-state index is 0.0383. The van der Waals surface area contributed by atoms with E-state index in [0.717, 1.165) is 18.4 Å². The van der Waals surface area contributed by atoms with Crippen molar-refractivity contribution in [3.05, 3.63) is 89.0 Å². The largest absolute Gasteiger partial charge is 0.496 e. The summed E-state index contributed by atoms with van der Waals surface area (Å²) >= 11 is 0. The molecule has 3 aromatic rings. The van der Waals surface area contributed by atoms with Crippen molar-refractivity contribution in [3.8, 4) is 17.2 Å². The van der Waals surface area contributed by atoms with Gasteiger partial charge in [0.2, 0.25) is 0 Å². The van der Waals surface area contributed by atoms with Crippen LogP contribution in [0.25, 0.3) is 0 Å². The second kappa shape index (κ2) is 11.2. The molecule has 1 fully saturated rings. The van der Waals surface area contributed by atoms with Crippen LogP contribution < -0.4 is 14.2 Å². The molecule has 36 heavy (non-hydrogen) atoms. The van der Waals surface area contributed by atoms with Gasteiger partial charge in [-0.25, -0.2) is 4.79 Å². The maximum absolute atomic E-state index is 13.7. The fourth-order valence-corrected chi connectivity index (χ4v) is 4.73. The van der Waals surface area contributed by atoms with Gasteiger partial charge in [-0.15, -0.1) is 0 Å². The van der Waals surface area contributed by atoms with E-state index in [1.165, 1.54) is 17.7 Å². The summed E-state index contributed by atoms with van der Waals surface area (Å²) in [5.41, 5.74) is 2.70. The monoisotopic (exact) mass is 489 g/mol. The molecule has 0 bridgehead atoms. The first-order valence-electron chi connectivity index (χ1n) is 12.0. The molecule has 3 aromatic carbocycles. The first-order valence-corrected chi connectivity index (χ1v) is 12.0. The average molecular weight is 490 g/mol. The molecule has 0 spiro atoms. The number of nitrogens with zero attached hydrogens (tertiary/aromatic N) is 1. The lowest BCUT2D eigenvalue weighted by molar-refractivity contribution is 0.0694. The van der Waals surface area contributed by atoms with Gasteiger partial charge in [0.05, 0.1) is 26.3 Å². The van der Waals surface area contributed by atoms with E-state index in [1.807, 2.05) is 30.0 Å². The number of carboxylic acid groups (broad SMARTS) is 1. The summed E-state index contributed by atoms with van der Waals surface area (Å²) in [5.74, 6) is 0.545. The number of methoxy groups -OCH3 is 2. The number of aryl methyl sites for hydroxylation is 1. The van der Waals surface area contributed by atoms with Crippen LogP contribution in [0, 0.1) is 6.92 Å². The molecule has 0 aliphatic carbocycles. The first-order chi connectivity index (χ1) is 17.4. The van der Waals surface area contributed by atoms with Crippen molar-refractivity contribution < 1.29 is 28.9 Å².